The van der Waals surface area contributed by atoms with Crippen LogP contribution in [0.1, 0.15) is 29.5 Å². The van der Waals surface area contributed by atoms with Gasteiger partial charge in [-0.1, -0.05) is 0 Å². The summed E-state index contributed by atoms with van der Waals surface area (Å²) in [5, 5.41) is 0. The molecule has 104 valence electrons. The molecule has 0 aliphatic heterocycles. The Kier molecular flexibility index (Phi) is 5.05. The van der Waals surface area contributed by atoms with Crippen LogP contribution < -0.4 is 9.41 Å². The van der Waals surface area contributed by atoms with Gasteiger partial charge in [-0.25, -0.2) is 0 Å². The van der Waals surface area contributed by atoms with Crippen LogP contribution in [0.15, 0.2) is 60.7 Å². The second kappa shape index (κ2) is 6.62. The molecule has 2 aliphatic carbocycles. The molecular formula is C18H14F2Zr. The van der Waals surface area contributed by atoms with E-state index in [0.717, 1.165) is 7.25 Å². The second-order valence-electron chi connectivity index (χ2n) is 5.10. The largest absolute Gasteiger partial charge is 1.00 e. The third-order valence-corrected chi connectivity index (χ3v) is 8.20. The molecule has 0 spiro atoms. The molecule has 2 aliphatic rings. The van der Waals surface area contributed by atoms with Gasteiger partial charge < -0.3 is 9.41 Å². The molecule has 2 unspecified atom stereocenters. The number of halogens is 2. The number of benzene rings is 2. The Bertz CT molecular complexity index is 632. The van der Waals surface area contributed by atoms with Crippen LogP contribution in [0.4, 0.5) is 0 Å². The quantitative estimate of drug-likeness (QED) is 0.620. The monoisotopic (exact) mass is 358 g/mol. The van der Waals surface area contributed by atoms with E-state index in [1.165, 1.54) is 11.1 Å². The van der Waals surface area contributed by atoms with Crippen LogP contribution in [-0.4, -0.2) is 0 Å². The zero-order chi connectivity index (χ0) is 12.7. The molecular weight excluding hydrogens is 345 g/mol. The Morgan fingerprint density at radius 1 is 0.619 bits per heavy atom. The summed E-state index contributed by atoms with van der Waals surface area (Å²) in [6.45, 7) is 0. The standard InChI is InChI=1S/2C9H7.2FH.Zr/c2*1-2-5-9-7-3-6-8(9)4-1;;;/h2*1-7H;2*1H;/q;;;;+2/p-2. The van der Waals surface area contributed by atoms with Gasteiger partial charge in [0, 0.05) is 0 Å². The molecule has 0 aromatic heterocycles. The molecule has 4 rings (SSSR count). The van der Waals surface area contributed by atoms with Crippen molar-refractivity contribution in [1.82, 2.24) is 0 Å². The fourth-order valence-corrected chi connectivity index (χ4v) is 7.13. The predicted octanol–water partition coefficient (Wildman–Crippen LogP) is -1.39. The maximum atomic E-state index is 2.44. The van der Waals surface area contributed by atoms with Gasteiger partial charge in [-0.2, -0.15) is 0 Å². The zero-order valence-corrected chi connectivity index (χ0v) is 13.8. The first-order valence-electron chi connectivity index (χ1n) is 6.72. The van der Waals surface area contributed by atoms with Crippen LogP contribution in [0.25, 0.3) is 12.2 Å². The predicted molar refractivity (Wildman–Crippen MR) is 76.4 cm³/mol. The van der Waals surface area contributed by atoms with E-state index in [4.69, 9.17) is 0 Å². The van der Waals surface area contributed by atoms with E-state index in [-0.39, 0.29) is 9.41 Å². The van der Waals surface area contributed by atoms with Gasteiger partial charge in [-0.15, -0.1) is 0 Å². The zero-order valence-electron chi connectivity index (χ0n) is 11.3. The summed E-state index contributed by atoms with van der Waals surface area (Å²) in [5.41, 5.74) is 5.99. The molecule has 0 saturated heterocycles. The number of rotatable bonds is 2. The molecule has 0 amide bonds. The van der Waals surface area contributed by atoms with Crippen molar-refractivity contribution in [3.05, 3.63) is 82.9 Å². The average Bonchev–Trinajstić information content (AvgIpc) is 3.05. The van der Waals surface area contributed by atoms with Crippen LogP contribution in [0, 0.1) is 0 Å². The molecule has 0 bridgehead atoms. The molecule has 3 heteroatoms. The summed E-state index contributed by atoms with van der Waals surface area (Å²) in [7, 11) is 0. The van der Waals surface area contributed by atoms with Gasteiger partial charge in [-0.3, -0.25) is 0 Å². The first-order chi connectivity index (χ1) is 9.42. The first kappa shape index (κ1) is 16.0. The molecule has 0 nitrogen and oxygen atoms in total. The van der Waals surface area contributed by atoms with E-state index >= 15 is 0 Å². The smallest absolute Gasteiger partial charge is 1.00 e. The van der Waals surface area contributed by atoms with Crippen molar-refractivity contribution in [2.24, 2.45) is 0 Å². The molecule has 2 aromatic carbocycles. The Hall–Kier alpha value is -1.34. The van der Waals surface area contributed by atoms with Crippen molar-refractivity contribution in [2.45, 2.75) is 7.25 Å². The minimum atomic E-state index is -0.542. The normalized spacial score (nSPS) is 20.0. The van der Waals surface area contributed by atoms with Crippen molar-refractivity contribution < 1.29 is 32.6 Å². The molecule has 2 aromatic rings. The summed E-state index contributed by atoms with van der Waals surface area (Å²) < 4.78 is 1.47. The van der Waals surface area contributed by atoms with Crippen molar-refractivity contribution in [1.29, 1.82) is 0 Å². The van der Waals surface area contributed by atoms with Crippen LogP contribution >= 0.6 is 0 Å². The topological polar surface area (TPSA) is 0 Å². The minimum absolute atomic E-state index is 0. The summed E-state index contributed by atoms with van der Waals surface area (Å²) in [6, 6.07) is 17.7. The van der Waals surface area contributed by atoms with Crippen molar-refractivity contribution in [2.75, 3.05) is 0 Å². The summed E-state index contributed by atoms with van der Waals surface area (Å²) in [5.74, 6) is 0. The average molecular weight is 360 g/mol. The summed E-state index contributed by atoms with van der Waals surface area (Å²) in [6.07, 6.45) is 9.49. The van der Waals surface area contributed by atoms with Crippen molar-refractivity contribution in [3.63, 3.8) is 0 Å². The number of hydrogen-bond donors (Lipinski definition) is 0. The molecule has 21 heavy (non-hydrogen) atoms. The third kappa shape index (κ3) is 2.85. The van der Waals surface area contributed by atoms with Gasteiger partial charge >= 0.3 is 126 Å². The van der Waals surface area contributed by atoms with Gasteiger partial charge in [-0.05, 0) is 0 Å². The Morgan fingerprint density at radius 2 is 1.05 bits per heavy atom. The molecule has 0 saturated carbocycles. The maximum absolute atomic E-state index is 2.44. The van der Waals surface area contributed by atoms with E-state index < -0.39 is 23.2 Å². The van der Waals surface area contributed by atoms with Gasteiger partial charge in [0.25, 0.3) is 0 Å². The summed E-state index contributed by atoms with van der Waals surface area (Å²) >= 11 is -0.542. The SMILES string of the molecule is C1=C[CH]([Zr+2][CH]2C=Cc3ccccc32)c2ccccc21.[F-].[F-]. The van der Waals surface area contributed by atoms with Gasteiger partial charge in [0.05, 0.1) is 0 Å². The minimum Gasteiger partial charge on any atom is -1.00 e. The Labute approximate surface area is 134 Å². The Morgan fingerprint density at radius 3 is 1.52 bits per heavy atom. The van der Waals surface area contributed by atoms with Crippen molar-refractivity contribution >= 4 is 12.2 Å². The number of allylic oxidation sites excluding steroid dienone is 2. The molecule has 0 fully saturated rings. The first-order valence-corrected chi connectivity index (χ1v) is 9.56. The van der Waals surface area contributed by atoms with Crippen LogP contribution in [0.2, 0.25) is 0 Å². The van der Waals surface area contributed by atoms with Crippen LogP contribution in [-0.2, 0) is 23.2 Å². The summed E-state index contributed by atoms with van der Waals surface area (Å²) in [4.78, 5) is 0. The Balaban J connectivity index is 0.000000807. The molecule has 2 atom stereocenters. The van der Waals surface area contributed by atoms with E-state index in [2.05, 4.69) is 72.8 Å². The number of hydrogen-bond acceptors (Lipinski definition) is 0. The fraction of sp³-hybridized carbons (Fsp3) is 0.111. The molecule has 0 radical (unpaired) electrons. The van der Waals surface area contributed by atoms with E-state index in [1.54, 1.807) is 11.1 Å². The second-order valence-corrected chi connectivity index (χ2v) is 8.98. The van der Waals surface area contributed by atoms with Gasteiger partial charge in [0.15, 0.2) is 0 Å². The third-order valence-electron chi connectivity index (χ3n) is 3.96. The maximum Gasteiger partial charge on any atom is -1.00 e. The number of fused-ring (bicyclic) bond motifs is 2. The van der Waals surface area contributed by atoms with Crippen LogP contribution in [0.3, 0.4) is 0 Å². The van der Waals surface area contributed by atoms with Gasteiger partial charge in [0.1, 0.15) is 0 Å². The van der Waals surface area contributed by atoms with Crippen molar-refractivity contribution in [3.8, 4) is 0 Å². The van der Waals surface area contributed by atoms with Gasteiger partial charge in [0.2, 0.25) is 0 Å². The molecule has 0 heterocycles. The van der Waals surface area contributed by atoms with E-state index in [9.17, 15) is 0 Å². The fourth-order valence-electron chi connectivity index (χ4n) is 2.98. The van der Waals surface area contributed by atoms with Crippen LogP contribution in [0.5, 0.6) is 0 Å². The van der Waals surface area contributed by atoms with E-state index in [1.807, 2.05) is 0 Å². The van der Waals surface area contributed by atoms with E-state index in [0.29, 0.717) is 0 Å². The molecule has 0 N–H and O–H groups in total.